The number of sulfonamides is 1. The Balaban J connectivity index is 2.40. The first kappa shape index (κ1) is 16.7. The molecule has 0 amide bonds. The van der Waals surface area contributed by atoms with Gasteiger partial charge in [-0.05, 0) is 24.6 Å². The predicted octanol–water partition coefficient (Wildman–Crippen LogP) is 0.891. The van der Waals surface area contributed by atoms with Crippen molar-refractivity contribution >= 4 is 16.0 Å². The summed E-state index contributed by atoms with van der Waals surface area (Å²) in [7, 11) is 0.417. The van der Waals surface area contributed by atoms with Crippen LogP contribution in [0.3, 0.4) is 0 Å². The number of carbonyl (C=O) groups excluding carboxylic acids is 1. The maximum absolute atomic E-state index is 12.7. The first-order valence-electron chi connectivity index (χ1n) is 6.74. The second-order valence-electron chi connectivity index (χ2n) is 4.89. The number of benzene rings is 1. The minimum absolute atomic E-state index is 0.0168. The summed E-state index contributed by atoms with van der Waals surface area (Å²) in [5, 5.41) is 0. The first-order valence-corrected chi connectivity index (χ1v) is 8.18. The maximum Gasteiger partial charge on any atom is 0.341 e. The number of methoxy groups -OCH3 is 2. The molecule has 1 fully saturated rings. The van der Waals surface area contributed by atoms with Gasteiger partial charge < -0.3 is 14.2 Å². The number of carbonyl (C=O) groups is 1. The molecule has 0 bridgehead atoms. The SMILES string of the molecule is COC(=O)c1cc(S(=O)(=O)N(C)C2CCOC2)ccc1OC. The molecule has 2 rings (SSSR count). The smallest absolute Gasteiger partial charge is 0.341 e. The van der Waals surface area contributed by atoms with Crippen LogP contribution in [0, 0.1) is 0 Å². The van der Waals surface area contributed by atoms with Gasteiger partial charge in [0, 0.05) is 13.7 Å². The lowest BCUT2D eigenvalue weighted by molar-refractivity contribution is 0.0596. The Morgan fingerprint density at radius 1 is 1.36 bits per heavy atom. The molecule has 1 heterocycles. The second kappa shape index (κ2) is 6.64. The van der Waals surface area contributed by atoms with Crippen molar-refractivity contribution in [2.45, 2.75) is 17.4 Å². The quantitative estimate of drug-likeness (QED) is 0.746. The third-order valence-corrected chi connectivity index (χ3v) is 5.58. The van der Waals surface area contributed by atoms with Crippen LogP contribution >= 0.6 is 0 Å². The standard InChI is InChI=1S/C14H19NO6S/c1-15(10-6-7-21-9-10)22(17,18)11-4-5-13(19-2)12(8-11)14(16)20-3/h4-5,8,10H,6-7,9H2,1-3H3. The van der Waals surface area contributed by atoms with Gasteiger partial charge in [-0.2, -0.15) is 4.31 Å². The van der Waals surface area contributed by atoms with Crippen molar-refractivity contribution in [3.63, 3.8) is 0 Å². The van der Waals surface area contributed by atoms with Gasteiger partial charge in [0.15, 0.2) is 0 Å². The highest BCUT2D eigenvalue weighted by Crippen LogP contribution is 2.26. The third-order valence-electron chi connectivity index (χ3n) is 3.67. The summed E-state index contributed by atoms with van der Waals surface area (Å²) in [6.07, 6.45) is 0.649. The molecular weight excluding hydrogens is 310 g/mol. The summed E-state index contributed by atoms with van der Waals surface area (Å²) in [5.74, 6) is -0.390. The molecule has 0 radical (unpaired) electrons. The largest absolute Gasteiger partial charge is 0.496 e. The van der Waals surface area contributed by atoms with E-state index in [2.05, 4.69) is 4.74 Å². The normalized spacial score (nSPS) is 18.5. The average Bonchev–Trinajstić information content (AvgIpc) is 3.06. The molecule has 1 aromatic rings. The third kappa shape index (κ3) is 3.08. The molecular formula is C14H19NO6S. The molecule has 0 aliphatic carbocycles. The molecule has 1 unspecified atom stereocenters. The fraction of sp³-hybridized carbons (Fsp3) is 0.500. The van der Waals surface area contributed by atoms with Crippen molar-refractivity contribution in [1.82, 2.24) is 4.31 Å². The summed E-state index contributed by atoms with van der Waals surface area (Å²) in [6, 6.07) is 3.92. The van der Waals surface area contributed by atoms with Gasteiger partial charge >= 0.3 is 5.97 Å². The van der Waals surface area contributed by atoms with Crippen molar-refractivity contribution in [2.24, 2.45) is 0 Å². The van der Waals surface area contributed by atoms with Crippen LogP contribution in [0.2, 0.25) is 0 Å². The van der Waals surface area contributed by atoms with Crippen LogP contribution in [0.15, 0.2) is 23.1 Å². The minimum atomic E-state index is -3.72. The Morgan fingerprint density at radius 3 is 2.64 bits per heavy atom. The zero-order valence-corrected chi connectivity index (χ0v) is 13.6. The molecule has 1 aliphatic heterocycles. The molecule has 1 aliphatic rings. The van der Waals surface area contributed by atoms with E-state index in [9.17, 15) is 13.2 Å². The fourth-order valence-electron chi connectivity index (χ4n) is 2.29. The number of esters is 1. The van der Waals surface area contributed by atoms with Crippen molar-refractivity contribution in [3.05, 3.63) is 23.8 Å². The minimum Gasteiger partial charge on any atom is -0.496 e. The topological polar surface area (TPSA) is 82.1 Å². The molecule has 0 N–H and O–H groups in total. The van der Waals surface area contributed by atoms with Gasteiger partial charge in [0.25, 0.3) is 0 Å². The molecule has 8 heteroatoms. The van der Waals surface area contributed by atoms with Crippen LogP contribution in [-0.2, 0) is 19.5 Å². The summed E-state index contributed by atoms with van der Waals surface area (Å²) >= 11 is 0. The van der Waals surface area contributed by atoms with E-state index in [-0.39, 0.29) is 22.3 Å². The van der Waals surface area contributed by atoms with Crippen LogP contribution in [-0.4, -0.2) is 59.2 Å². The Kier molecular flexibility index (Phi) is 5.05. The summed E-state index contributed by atoms with van der Waals surface area (Å²) in [4.78, 5) is 11.8. The van der Waals surface area contributed by atoms with Gasteiger partial charge in [-0.1, -0.05) is 0 Å². The Hall–Kier alpha value is -1.64. The summed E-state index contributed by atoms with van der Waals surface area (Å²) in [5.41, 5.74) is 0.0714. The van der Waals surface area contributed by atoms with Gasteiger partial charge in [-0.3, -0.25) is 0 Å². The molecule has 1 atom stereocenters. The Morgan fingerprint density at radius 2 is 2.09 bits per heavy atom. The van der Waals surface area contributed by atoms with E-state index in [0.717, 1.165) is 0 Å². The number of hydrogen-bond donors (Lipinski definition) is 0. The highest BCUT2D eigenvalue weighted by atomic mass is 32.2. The van der Waals surface area contributed by atoms with Gasteiger partial charge in [0.1, 0.15) is 11.3 Å². The van der Waals surface area contributed by atoms with Gasteiger partial charge in [-0.25, -0.2) is 13.2 Å². The molecule has 22 heavy (non-hydrogen) atoms. The van der Waals surface area contributed by atoms with Crippen LogP contribution < -0.4 is 4.74 Å². The Labute approximate surface area is 129 Å². The van der Waals surface area contributed by atoms with E-state index in [1.54, 1.807) is 0 Å². The van der Waals surface area contributed by atoms with E-state index < -0.39 is 16.0 Å². The first-order chi connectivity index (χ1) is 10.4. The molecule has 122 valence electrons. The van der Waals surface area contributed by atoms with Gasteiger partial charge in [0.05, 0.1) is 31.8 Å². The van der Waals surface area contributed by atoms with E-state index >= 15 is 0 Å². The van der Waals surface area contributed by atoms with Crippen molar-refractivity contribution < 1.29 is 27.4 Å². The lowest BCUT2D eigenvalue weighted by atomic mass is 10.2. The predicted molar refractivity (Wildman–Crippen MR) is 78.5 cm³/mol. The lowest BCUT2D eigenvalue weighted by Crippen LogP contribution is -2.37. The van der Waals surface area contributed by atoms with Gasteiger partial charge in [0.2, 0.25) is 10.0 Å². The molecule has 1 aromatic carbocycles. The zero-order chi connectivity index (χ0) is 16.3. The Bertz CT molecular complexity index is 651. The lowest BCUT2D eigenvalue weighted by Gasteiger charge is -2.23. The average molecular weight is 329 g/mol. The summed E-state index contributed by atoms with van der Waals surface area (Å²) < 4.78 is 41.6. The number of likely N-dealkylation sites (N-methyl/N-ethyl adjacent to an activating group) is 1. The molecule has 1 saturated heterocycles. The number of hydrogen-bond acceptors (Lipinski definition) is 6. The van der Waals surface area contributed by atoms with Gasteiger partial charge in [-0.15, -0.1) is 0 Å². The van der Waals surface area contributed by atoms with Crippen LogP contribution in [0.5, 0.6) is 5.75 Å². The molecule has 7 nitrogen and oxygen atoms in total. The highest BCUT2D eigenvalue weighted by molar-refractivity contribution is 7.89. The maximum atomic E-state index is 12.7. The fourth-order valence-corrected chi connectivity index (χ4v) is 3.69. The van der Waals surface area contributed by atoms with Crippen molar-refractivity contribution in [3.8, 4) is 5.75 Å². The molecule has 0 spiro atoms. The second-order valence-corrected chi connectivity index (χ2v) is 6.89. The monoisotopic (exact) mass is 329 g/mol. The van der Waals surface area contributed by atoms with Crippen LogP contribution in [0.4, 0.5) is 0 Å². The van der Waals surface area contributed by atoms with Crippen molar-refractivity contribution in [2.75, 3.05) is 34.5 Å². The molecule has 0 aromatic heterocycles. The number of rotatable bonds is 5. The summed E-state index contributed by atoms with van der Waals surface area (Å²) in [6.45, 7) is 0.913. The number of ether oxygens (including phenoxy) is 3. The van der Waals surface area contributed by atoms with E-state index in [0.29, 0.717) is 19.6 Å². The van der Waals surface area contributed by atoms with Crippen LogP contribution in [0.25, 0.3) is 0 Å². The van der Waals surface area contributed by atoms with Crippen LogP contribution in [0.1, 0.15) is 16.8 Å². The highest BCUT2D eigenvalue weighted by Gasteiger charge is 2.31. The van der Waals surface area contributed by atoms with E-state index in [1.807, 2.05) is 0 Å². The van der Waals surface area contributed by atoms with E-state index in [1.165, 1.54) is 43.8 Å². The zero-order valence-electron chi connectivity index (χ0n) is 12.7. The molecule has 0 saturated carbocycles. The number of nitrogens with zero attached hydrogens (tertiary/aromatic N) is 1. The van der Waals surface area contributed by atoms with E-state index in [4.69, 9.17) is 9.47 Å². The van der Waals surface area contributed by atoms with Crippen molar-refractivity contribution in [1.29, 1.82) is 0 Å².